The van der Waals surface area contributed by atoms with Crippen LogP contribution < -0.4 is 5.32 Å². The minimum atomic E-state index is -0.200. The summed E-state index contributed by atoms with van der Waals surface area (Å²) in [5.74, 6) is 0. The summed E-state index contributed by atoms with van der Waals surface area (Å²) in [7, 11) is 0. The van der Waals surface area contributed by atoms with Crippen LogP contribution in [0.25, 0.3) is 11.0 Å². The topological polar surface area (TPSA) is 65.4 Å². The number of aromatic nitrogens is 2. The third-order valence-electron chi connectivity index (χ3n) is 4.37. The molecule has 1 saturated heterocycles. The number of rotatable bonds is 2. The highest BCUT2D eigenvalue weighted by Gasteiger charge is 2.31. The van der Waals surface area contributed by atoms with Crippen LogP contribution in [-0.2, 0) is 9.47 Å². The number of nitrogens with zero attached hydrogens (tertiary/aromatic N) is 2. The molecule has 0 aliphatic carbocycles. The van der Waals surface area contributed by atoms with Gasteiger partial charge in [0.15, 0.2) is 6.29 Å². The lowest BCUT2D eigenvalue weighted by Gasteiger charge is -2.30. The van der Waals surface area contributed by atoms with Gasteiger partial charge in [0.05, 0.1) is 12.2 Å². The first-order valence-corrected chi connectivity index (χ1v) is 7.76. The number of ether oxygens (including phenoxy) is 2. The first-order valence-electron chi connectivity index (χ1n) is 7.76. The van der Waals surface area contributed by atoms with Gasteiger partial charge in [0, 0.05) is 18.2 Å². The molecule has 2 aromatic heterocycles. The molecule has 6 nitrogen and oxygen atoms in total. The van der Waals surface area contributed by atoms with Gasteiger partial charge >= 0.3 is 6.03 Å². The number of aryl methyl sites for hydroxylation is 1. The number of fused-ring (bicyclic) bond motifs is 3. The molecule has 2 aliphatic heterocycles. The summed E-state index contributed by atoms with van der Waals surface area (Å²) in [6.45, 7) is 3.23. The Morgan fingerprint density at radius 3 is 3.18 bits per heavy atom. The Kier molecular flexibility index (Phi) is 3.35. The van der Waals surface area contributed by atoms with Gasteiger partial charge in [-0.3, -0.25) is 0 Å². The first-order chi connectivity index (χ1) is 10.7. The monoisotopic (exact) mass is 301 g/mol. The Hall–Kier alpha value is -1.92. The Morgan fingerprint density at radius 2 is 2.36 bits per heavy atom. The fraction of sp³-hybridized carbons (Fsp3) is 0.500. The van der Waals surface area contributed by atoms with Crippen LogP contribution in [-0.4, -0.2) is 35.0 Å². The van der Waals surface area contributed by atoms with E-state index in [0.717, 1.165) is 42.5 Å². The quantitative estimate of drug-likeness (QED) is 0.925. The molecule has 2 aliphatic rings. The Morgan fingerprint density at radius 1 is 1.45 bits per heavy atom. The molecule has 4 rings (SSSR count). The van der Waals surface area contributed by atoms with Gasteiger partial charge in [-0.25, -0.2) is 14.3 Å². The number of hydrogen-bond donors (Lipinski definition) is 1. The van der Waals surface area contributed by atoms with Crippen molar-refractivity contribution in [2.45, 2.75) is 38.6 Å². The van der Waals surface area contributed by atoms with E-state index in [2.05, 4.69) is 10.3 Å². The molecular weight excluding hydrogens is 282 g/mol. The summed E-state index contributed by atoms with van der Waals surface area (Å²) in [5.41, 5.74) is 2.65. The number of carbonyl (C=O) groups is 1. The first kappa shape index (κ1) is 13.7. The molecule has 116 valence electrons. The molecule has 1 amide bonds. The molecule has 0 bridgehead atoms. The Balaban J connectivity index is 1.72. The van der Waals surface area contributed by atoms with E-state index in [0.29, 0.717) is 12.2 Å². The highest BCUT2D eigenvalue weighted by Crippen LogP contribution is 2.31. The van der Waals surface area contributed by atoms with Crippen LogP contribution in [0.5, 0.6) is 0 Å². The lowest BCUT2D eigenvalue weighted by atomic mass is 10.1. The minimum Gasteiger partial charge on any atom is -0.353 e. The fourth-order valence-electron chi connectivity index (χ4n) is 3.18. The predicted octanol–water partition coefficient (Wildman–Crippen LogP) is 2.50. The second-order valence-electron chi connectivity index (χ2n) is 5.88. The number of hydrogen-bond acceptors (Lipinski definition) is 4. The summed E-state index contributed by atoms with van der Waals surface area (Å²) < 4.78 is 13.4. The standard InChI is InChI=1S/C16H19N3O3/c1-10-5-6-17-15-11(10)8-12-13(9-18-16(20)19(12)15)22-14-4-2-3-7-21-14/h5-6,8,13-14H,2-4,7,9H2,1H3,(H,18,20). The lowest BCUT2D eigenvalue weighted by molar-refractivity contribution is -0.190. The second kappa shape index (κ2) is 5.37. The predicted molar refractivity (Wildman–Crippen MR) is 80.7 cm³/mol. The van der Waals surface area contributed by atoms with Crippen LogP contribution in [0.15, 0.2) is 18.3 Å². The van der Waals surface area contributed by atoms with Crippen molar-refractivity contribution in [3.8, 4) is 0 Å². The zero-order valence-electron chi connectivity index (χ0n) is 12.5. The van der Waals surface area contributed by atoms with Crippen molar-refractivity contribution in [3.63, 3.8) is 0 Å². The third kappa shape index (κ3) is 2.19. The lowest BCUT2D eigenvalue weighted by Crippen LogP contribution is -2.41. The van der Waals surface area contributed by atoms with Crippen molar-refractivity contribution in [2.75, 3.05) is 13.2 Å². The fourth-order valence-corrected chi connectivity index (χ4v) is 3.18. The largest absolute Gasteiger partial charge is 0.353 e. The van der Waals surface area contributed by atoms with Crippen LogP contribution in [0.4, 0.5) is 4.79 Å². The van der Waals surface area contributed by atoms with Crippen molar-refractivity contribution < 1.29 is 14.3 Å². The highest BCUT2D eigenvalue weighted by atomic mass is 16.7. The highest BCUT2D eigenvalue weighted by molar-refractivity contribution is 5.93. The van der Waals surface area contributed by atoms with E-state index in [1.165, 1.54) is 0 Å². The maximum atomic E-state index is 12.2. The smallest absolute Gasteiger partial charge is 0.327 e. The molecule has 2 unspecified atom stereocenters. The molecule has 4 heterocycles. The van der Waals surface area contributed by atoms with Crippen LogP contribution in [0, 0.1) is 6.92 Å². The number of pyridine rings is 1. The number of amides is 1. The van der Waals surface area contributed by atoms with Crippen molar-refractivity contribution in [2.24, 2.45) is 0 Å². The summed E-state index contributed by atoms with van der Waals surface area (Å²) in [5, 5.41) is 3.87. The van der Waals surface area contributed by atoms with E-state index in [1.807, 2.05) is 19.1 Å². The second-order valence-corrected chi connectivity index (χ2v) is 5.88. The summed E-state index contributed by atoms with van der Waals surface area (Å²) in [6.07, 6.45) is 4.45. The molecule has 2 aromatic rings. The van der Waals surface area contributed by atoms with Crippen molar-refractivity contribution >= 4 is 17.1 Å². The Bertz CT molecular complexity index is 719. The van der Waals surface area contributed by atoms with Crippen LogP contribution in [0.1, 0.15) is 36.6 Å². The summed E-state index contributed by atoms with van der Waals surface area (Å²) >= 11 is 0. The van der Waals surface area contributed by atoms with Crippen LogP contribution in [0.2, 0.25) is 0 Å². The molecular formula is C16H19N3O3. The minimum absolute atomic E-state index is 0.146. The van der Waals surface area contributed by atoms with Crippen LogP contribution >= 0.6 is 0 Å². The molecule has 1 fully saturated rings. The molecule has 22 heavy (non-hydrogen) atoms. The van der Waals surface area contributed by atoms with E-state index < -0.39 is 0 Å². The zero-order chi connectivity index (χ0) is 15.1. The van der Waals surface area contributed by atoms with E-state index in [4.69, 9.17) is 9.47 Å². The van der Waals surface area contributed by atoms with Crippen molar-refractivity contribution in [3.05, 3.63) is 29.6 Å². The van der Waals surface area contributed by atoms with E-state index in [-0.39, 0.29) is 18.4 Å². The van der Waals surface area contributed by atoms with Gasteiger partial charge in [-0.05, 0) is 43.9 Å². The molecule has 0 radical (unpaired) electrons. The molecule has 2 atom stereocenters. The Labute approximate surface area is 128 Å². The van der Waals surface area contributed by atoms with Gasteiger partial charge in [0.2, 0.25) is 0 Å². The molecule has 1 N–H and O–H groups in total. The SMILES string of the molecule is Cc1ccnc2c1cc1n2C(=O)NCC1OC1CCCCO1. The number of carbonyl (C=O) groups excluding carboxylic acids is 1. The zero-order valence-corrected chi connectivity index (χ0v) is 12.5. The maximum Gasteiger partial charge on any atom is 0.327 e. The molecule has 0 saturated carbocycles. The van der Waals surface area contributed by atoms with Crippen LogP contribution in [0.3, 0.4) is 0 Å². The van der Waals surface area contributed by atoms with Crippen molar-refractivity contribution in [1.82, 2.24) is 14.9 Å². The normalized spacial score (nSPS) is 25.0. The average molecular weight is 301 g/mol. The van der Waals surface area contributed by atoms with Gasteiger partial charge in [0.1, 0.15) is 11.8 Å². The van der Waals surface area contributed by atoms with E-state index in [9.17, 15) is 4.79 Å². The molecule has 6 heteroatoms. The van der Waals surface area contributed by atoms with Gasteiger partial charge in [-0.2, -0.15) is 0 Å². The summed E-state index contributed by atoms with van der Waals surface area (Å²) in [6, 6.07) is 3.82. The van der Waals surface area contributed by atoms with Crippen molar-refractivity contribution in [1.29, 1.82) is 0 Å². The van der Waals surface area contributed by atoms with E-state index >= 15 is 0 Å². The third-order valence-corrected chi connectivity index (χ3v) is 4.37. The van der Waals surface area contributed by atoms with Gasteiger partial charge < -0.3 is 14.8 Å². The number of nitrogens with one attached hydrogen (secondary N) is 1. The maximum absolute atomic E-state index is 12.2. The van der Waals surface area contributed by atoms with E-state index in [1.54, 1.807) is 10.8 Å². The molecule has 0 aromatic carbocycles. The average Bonchev–Trinajstić information content (AvgIpc) is 2.93. The molecule has 0 spiro atoms. The van der Waals surface area contributed by atoms with Gasteiger partial charge in [0.25, 0.3) is 0 Å². The summed E-state index contributed by atoms with van der Waals surface area (Å²) in [4.78, 5) is 16.6. The van der Waals surface area contributed by atoms with Gasteiger partial charge in [-0.15, -0.1) is 0 Å². The van der Waals surface area contributed by atoms with Gasteiger partial charge in [-0.1, -0.05) is 0 Å².